The predicted octanol–water partition coefficient (Wildman–Crippen LogP) is 5.77. The van der Waals surface area contributed by atoms with Crippen molar-refractivity contribution >= 4 is 29.3 Å². The molecule has 1 N–H and O–H groups in total. The van der Waals surface area contributed by atoms with Crippen LogP contribution in [-0.4, -0.2) is 19.6 Å². The number of anilines is 1. The van der Waals surface area contributed by atoms with E-state index in [4.69, 9.17) is 21.1 Å². The Kier molecular flexibility index (Phi) is 8.57. The summed E-state index contributed by atoms with van der Waals surface area (Å²) in [6.45, 7) is 4.65. The Morgan fingerprint density at radius 2 is 1.97 bits per heavy atom. The summed E-state index contributed by atoms with van der Waals surface area (Å²) in [5.74, 6) is 0.672. The number of hydrogen-bond donors (Lipinski definition) is 1. The number of rotatable bonds is 9. The summed E-state index contributed by atoms with van der Waals surface area (Å²) < 4.78 is 10.9. The van der Waals surface area contributed by atoms with Crippen molar-refractivity contribution in [3.05, 3.63) is 58.1 Å². The van der Waals surface area contributed by atoms with Gasteiger partial charge in [0.25, 0.3) is 5.91 Å². The van der Waals surface area contributed by atoms with Gasteiger partial charge in [0.05, 0.1) is 19.4 Å². The summed E-state index contributed by atoms with van der Waals surface area (Å²) in [5.41, 5.74) is 1.96. The minimum absolute atomic E-state index is 0.0173. The third kappa shape index (κ3) is 6.55. The van der Waals surface area contributed by atoms with Crippen molar-refractivity contribution in [1.29, 1.82) is 5.26 Å². The second-order valence-electron chi connectivity index (χ2n) is 6.55. The number of carbonyl (C=O) groups excluding carboxylic acids is 1. The highest BCUT2D eigenvalue weighted by Gasteiger charge is 2.14. The molecule has 0 aliphatic heterocycles. The molecule has 0 spiro atoms. The highest BCUT2D eigenvalue weighted by molar-refractivity contribution is 6.31. The molecule has 1 amide bonds. The van der Waals surface area contributed by atoms with Gasteiger partial charge >= 0.3 is 0 Å². The van der Waals surface area contributed by atoms with E-state index in [2.05, 4.69) is 12.2 Å². The average Bonchev–Trinajstić information content (AvgIpc) is 2.72. The van der Waals surface area contributed by atoms with E-state index < -0.39 is 5.91 Å². The van der Waals surface area contributed by atoms with Crippen LogP contribution in [0.2, 0.25) is 5.02 Å². The van der Waals surface area contributed by atoms with Gasteiger partial charge in [-0.05, 0) is 48.7 Å². The van der Waals surface area contributed by atoms with Crippen LogP contribution in [0.15, 0.2) is 42.0 Å². The molecule has 0 aliphatic carbocycles. The number of aryl methyl sites for hydroxylation is 1. The van der Waals surface area contributed by atoms with E-state index in [9.17, 15) is 10.1 Å². The molecule has 152 valence electrons. The van der Waals surface area contributed by atoms with Gasteiger partial charge in [0.1, 0.15) is 23.1 Å². The first-order valence-electron chi connectivity index (χ1n) is 9.48. The lowest BCUT2D eigenvalue weighted by Crippen LogP contribution is -2.14. The van der Waals surface area contributed by atoms with Gasteiger partial charge in [-0.1, -0.05) is 43.5 Å². The first-order valence-corrected chi connectivity index (χ1v) is 9.86. The molecule has 0 heterocycles. The molecule has 0 saturated heterocycles. The number of nitriles is 1. The molecular formula is C23H25ClN2O3. The summed E-state index contributed by atoms with van der Waals surface area (Å²) in [6.07, 6.45) is 4.84. The van der Waals surface area contributed by atoms with E-state index in [0.29, 0.717) is 23.1 Å². The molecule has 0 aliphatic rings. The molecule has 0 saturated carbocycles. The number of ether oxygens (including phenoxy) is 2. The summed E-state index contributed by atoms with van der Waals surface area (Å²) >= 11 is 6.09. The van der Waals surface area contributed by atoms with Crippen LogP contribution in [0.4, 0.5) is 5.69 Å². The van der Waals surface area contributed by atoms with E-state index >= 15 is 0 Å². The fourth-order valence-electron chi connectivity index (χ4n) is 2.64. The molecule has 0 fully saturated rings. The first kappa shape index (κ1) is 22.3. The lowest BCUT2D eigenvalue weighted by atomic mass is 10.1. The summed E-state index contributed by atoms with van der Waals surface area (Å²) in [5, 5.41) is 12.7. The molecule has 0 atom stereocenters. The standard InChI is InChI=1S/C23H25ClN2O3/c1-4-5-6-11-29-19-9-7-17(8-10-19)13-18(15-25)23(27)26-21-12-16(2)20(24)14-22(21)28-3/h7-10,12-14H,4-6,11H2,1-3H3,(H,26,27)/b18-13+. The van der Waals surface area contributed by atoms with Crippen LogP contribution >= 0.6 is 11.6 Å². The van der Waals surface area contributed by atoms with Crippen LogP contribution in [-0.2, 0) is 4.79 Å². The number of carbonyl (C=O) groups is 1. The third-order valence-corrected chi connectivity index (χ3v) is 4.71. The van der Waals surface area contributed by atoms with Crippen LogP contribution in [0.5, 0.6) is 11.5 Å². The number of methoxy groups -OCH3 is 1. The Balaban J connectivity index is 2.10. The first-order chi connectivity index (χ1) is 14.0. The van der Waals surface area contributed by atoms with E-state index in [-0.39, 0.29) is 5.57 Å². The molecule has 0 radical (unpaired) electrons. The number of nitrogens with zero attached hydrogens (tertiary/aromatic N) is 1. The minimum Gasteiger partial charge on any atom is -0.495 e. The highest BCUT2D eigenvalue weighted by Crippen LogP contribution is 2.31. The van der Waals surface area contributed by atoms with Gasteiger partial charge in [-0.2, -0.15) is 5.26 Å². The van der Waals surface area contributed by atoms with Crippen LogP contribution < -0.4 is 14.8 Å². The number of hydrogen-bond acceptors (Lipinski definition) is 4. The molecule has 0 bridgehead atoms. The molecular weight excluding hydrogens is 388 g/mol. The number of nitrogens with one attached hydrogen (secondary N) is 1. The second kappa shape index (κ2) is 11.1. The van der Waals surface area contributed by atoms with Crippen molar-refractivity contribution in [2.75, 3.05) is 19.0 Å². The zero-order valence-corrected chi connectivity index (χ0v) is 17.7. The molecule has 2 aromatic carbocycles. The monoisotopic (exact) mass is 412 g/mol. The van der Waals surface area contributed by atoms with Gasteiger partial charge in [-0.3, -0.25) is 4.79 Å². The Hall–Kier alpha value is -2.97. The highest BCUT2D eigenvalue weighted by atomic mass is 35.5. The van der Waals surface area contributed by atoms with Gasteiger partial charge in [0.2, 0.25) is 0 Å². The summed E-state index contributed by atoms with van der Waals surface area (Å²) in [6, 6.07) is 12.6. The topological polar surface area (TPSA) is 71.3 Å². The average molecular weight is 413 g/mol. The van der Waals surface area contributed by atoms with Crippen molar-refractivity contribution in [1.82, 2.24) is 0 Å². The largest absolute Gasteiger partial charge is 0.495 e. The van der Waals surface area contributed by atoms with Crippen molar-refractivity contribution in [2.45, 2.75) is 33.1 Å². The molecule has 2 rings (SSSR count). The predicted molar refractivity (Wildman–Crippen MR) is 116 cm³/mol. The fourth-order valence-corrected chi connectivity index (χ4v) is 2.79. The Morgan fingerprint density at radius 3 is 2.59 bits per heavy atom. The Morgan fingerprint density at radius 1 is 1.24 bits per heavy atom. The van der Waals surface area contributed by atoms with Crippen molar-refractivity contribution in [3.8, 4) is 17.6 Å². The van der Waals surface area contributed by atoms with Gasteiger partial charge < -0.3 is 14.8 Å². The molecule has 0 aromatic heterocycles. The number of unbranched alkanes of at least 4 members (excludes halogenated alkanes) is 2. The lowest BCUT2D eigenvalue weighted by molar-refractivity contribution is -0.112. The van der Waals surface area contributed by atoms with Crippen LogP contribution in [0, 0.1) is 18.3 Å². The molecule has 29 heavy (non-hydrogen) atoms. The lowest BCUT2D eigenvalue weighted by Gasteiger charge is -2.12. The van der Waals surface area contributed by atoms with Crippen LogP contribution in [0.25, 0.3) is 6.08 Å². The molecule has 2 aromatic rings. The zero-order valence-electron chi connectivity index (χ0n) is 16.9. The van der Waals surface area contributed by atoms with Gasteiger partial charge in [0.15, 0.2) is 0 Å². The maximum atomic E-state index is 12.6. The van der Waals surface area contributed by atoms with Gasteiger partial charge in [-0.25, -0.2) is 0 Å². The molecule has 0 unspecified atom stereocenters. The van der Waals surface area contributed by atoms with Gasteiger partial charge in [0, 0.05) is 11.1 Å². The van der Waals surface area contributed by atoms with Crippen LogP contribution in [0.3, 0.4) is 0 Å². The maximum absolute atomic E-state index is 12.6. The molecule has 5 nitrogen and oxygen atoms in total. The number of halogens is 1. The minimum atomic E-state index is -0.521. The van der Waals surface area contributed by atoms with E-state index in [1.54, 1.807) is 12.1 Å². The fraction of sp³-hybridized carbons (Fsp3) is 0.304. The van der Waals surface area contributed by atoms with E-state index in [0.717, 1.165) is 36.1 Å². The second-order valence-corrected chi connectivity index (χ2v) is 6.96. The third-order valence-electron chi connectivity index (χ3n) is 4.30. The normalized spacial score (nSPS) is 10.9. The molecule has 6 heteroatoms. The van der Waals surface area contributed by atoms with Gasteiger partial charge in [-0.15, -0.1) is 0 Å². The smallest absolute Gasteiger partial charge is 0.266 e. The van der Waals surface area contributed by atoms with E-state index in [1.165, 1.54) is 13.2 Å². The van der Waals surface area contributed by atoms with Crippen molar-refractivity contribution in [3.63, 3.8) is 0 Å². The van der Waals surface area contributed by atoms with Crippen LogP contribution in [0.1, 0.15) is 37.3 Å². The Labute approximate surface area is 176 Å². The quantitative estimate of drug-likeness (QED) is 0.322. The zero-order chi connectivity index (χ0) is 21.2. The summed E-state index contributed by atoms with van der Waals surface area (Å²) in [7, 11) is 1.49. The van der Waals surface area contributed by atoms with E-state index in [1.807, 2.05) is 37.3 Å². The Bertz CT molecular complexity index is 915. The number of amides is 1. The summed E-state index contributed by atoms with van der Waals surface area (Å²) in [4.78, 5) is 12.6. The SMILES string of the molecule is CCCCCOc1ccc(/C=C(\C#N)C(=O)Nc2cc(C)c(Cl)cc2OC)cc1. The van der Waals surface area contributed by atoms with Crippen molar-refractivity contribution in [2.24, 2.45) is 0 Å². The number of benzene rings is 2. The van der Waals surface area contributed by atoms with Crippen molar-refractivity contribution < 1.29 is 14.3 Å². The maximum Gasteiger partial charge on any atom is 0.266 e.